The van der Waals surface area contributed by atoms with Gasteiger partial charge in [-0.05, 0) is 25.2 Å². The Balaban J connectivity index is 1.74. The fourth-order valence-corrected chi connectivity index (χ4v) is 8.48. The lowest BCUT2D eigenvalue weighted by Crippen LogP contribution is -2.57. The van der Waals surface area contributed by atoms with Crippen molar-refractivity contribution in [3.05, 3.63) is 0 Å². The Kier molecular flexibility index (Phi) is 10.1. The number of carbonyl (C=O) groups is 4. The minimum Gasteiger partial charge on any atom is -0.381 e. The molecule has 1 spiro atoms. The Morgan fingerprint density at radius 3 is 2.50 bits per heavy atom. The molecule has 34 heavy (non-hydrogen) atoms. The van der Waals surface area contributed by atoms with Crippen LogP contribution in [0.5, 0.6) is 0 Å². The number of amides is 3. The number of nitrogens with one attached hydrogen (secondary N) is 2. The van der Waals surface area contributed by atoms with Crippen molar-refractivity contribution in [1.82, 2.24) is 15.5 Å². The lowest BCUT2D eigenvalue weighted by molar-refractivity contribution is -0.142. The molecule has 1 saturated carbocycles. The van der Waals surface area contributed by atoms with Crippen LogP contribution >= 0.6 is 23.5 Å². The van der Waals surface area contributed by atoms with Crippen LogP contribution < -0.4 is 16.4 Å². The molecule has 4 atom stereocenters. The number of carbonyl (C=O) groups excluding carboxylic acids is 4. The van der Waals surface area contributed by atoms with Gasteiger partial charge in [-0.15, -0.1) is 23.5 Å². The van der Waals surface area contributed by atoms with Crippen molar-refractivity contribution in [3.63, 3.8) is 0 Å². The van der Waals surface area contributed by atoms with Crippen molar-refractivity contribution in [3.8, 4) is 0 Å². The van der Waals surface area contributed by atoms with Gasteiger partial charge in [0, 0.05) is 24.5 Å². The maximum absolute atomic E-state index is 13.5. The fourth-order valence-electron chi connectivity index (χ4n) is 5.23. The molecule has 0 bridgehead atoms. The van der Waals surface area contributed by atoms with Gasteiger partial charge in [0.25, 0.3) is 5.91 Å². The van der Waals surface area contributed by atoms with Gasteiger partial charge in [-0.3, -0.25) is 14.4 Å². The van der Waals surface area contributed by atoms with Crippen LogP contribution in [0.2, 0.25) is 0 Å². The van der Waals surface area contributed by atoms with Crippen LogP contribution in [0.15, 0.2) is 0 Å². The van der Waals surface area contributed by atoms with E-state index >= 15 is 0 Å². The van der Waals surface area contributed by atoms with E-state index < -0.39 is 30.1 Å². The second-order valence-corrected chi connectivity index (χ2v) is 12.7. The Labute approximate surface area is 210 Å². The summed E-state index contributed by atoms with van der Waals surface area (Å²) in [6, 6.07) is -2.12. The normalized spacial score (nSPS) is 25.0. The van der Waals surface area contributed by atoms with Crippen molar-refractivity contribution < 1.29 is 24.3 Å². The fraction of sp³-hybridized carbons (Fsp3) is 0.826. The van der Waals surface area contributed by atoms with Gasteiger partial charge in [-0.2, -0.15) is 0 Å². The highest BCUT2D eigenvalue weighted by atomic mass is 32.2. The predicted octanol–water partition coefficient (Wildman–Crippen LogP) is 0.632. The molecule has 3 amide bonds. The van der Waals surface area contributed by atoms with Gasteiger partial charge in [0.15, 0.2) is 6.10 Å². The predicted molar refractivity (Wildman–Crippen MR) is 134 cm³/mol. The van der Waals surface area contributed by atoms with Crippen molar-refractivity contribution in [2.75, 3.05) is 24.6 Å². The molecule has 192 valence electrons. The van der Waals surface area contributed by atoms with E-state index in [0.29, 0.717) is 32.1 Å². The minimum absolute atomic E-state index is 0.140. The summed E-state index contributed by atoms with van der Waals surface area (Å²) < 4.78 is -0.218. The van der Waals surface area contributed by atoms with Gasteiger partial charge in [-0.25, -0.2) is 0 Å². The molecular formula is C23H38N4O5S2. The standard InChI is InChI=1S/C23H38N4O5S2/c1-2-6-16(19(29)21(31)25-9-10-28)26-20(30)17-13-23(33-11-12-34-23)14-27(17)22(32)18(24)15-7-4-3-5-8-15/h10,15-19,29H,2-9,11-14,24H2,1H3,(H,25,31)(H,26,30). The van der Waals surface area contributed by atoms with E-state index in [1.807, 2.05) is 6.92 Å². The van der Waals surface area contributed by atoms with E-state index in [4.69, 9.17) is 5.73 Å². The summed E-state index contributed by atoms with van der Waals surface area (Å²) in [5, 5.41) is 15.7. The van der Waals surface area contributed by atoms with Gasteiger partial charge in [0.1, 0.15) is 12.3 Å². The van der Waals surface area contributed by atoms with E-state index in [0.717, 1.165) is 37.2 Å². The Hall–Kier alpha value is -1.30. The first-order valence-electron chi connectivity index (χ1n) is 12.4. The molecular weight excluding hydrogens is 476 g/mol. The third kappa shape index (κ3) is 6.47. The molecule has 2 saturated heterocycles. The van der Waals surface area contributed by atoms with E-state index in [-0.39, 0.29) is 28.4 Å². The van der Waals surface area contributed by atoms with Gasteiger partial charge in [0.05, 0.1) is 22.7 Å². The molecule has 2 heterocycles. The van der Waals surface area contributed by atoms with Crippen LogP contribution in [-0.4, -0.2) is 86.9 Å². The third-order valence-corrected chi connectivity index (χ3v) is 10.5. The molecule has 3 rings (SSSR count). The minimum atomic E-state index is -1.48. The monoisotopic (exact) mass is 514 g/mol. The molecule has 4 unspecified atom stereocenters. The molecule has 11 heteroatoms. The van der Waals surface area contributed by atoms with Crippen molar-refractivity contribution in [2.24, 2.45) is 11.7 Å². The smallest absolute Gasteiger partial charge is 0.251 e. The number of hydrogen-bond donors (Lipinski definition) is 4. The summed E-state index contributed by atoms with van der Waals surface area (Å²) in [5.41, 5.74) is 6.45. The molecule has 3 fully saturated rings. The zero-order valence-corrected chi connectivity index (χ0v) is 21.5. The lowest BCUT2D eigenvalue weighted by Gasteiger charge is -2.33. The zero-order valence-electron chi connectivity index (χ0n) is 19.9. The SMILES string of the molecule is CCCC(NC(=O)C1CC2(CN1C(=O)C(N)C1CCCCC1)SCCS2)C(O)C(=O)NCC=O. The molecule has 0 aromatic rings. The van der Waals surface area contributed by atoms with Crippen LogP contribution in [0.4, 0.5) is 0 Å². The average Bonchev–Trinajstić information content (AvgIpc) is 3.48. The summed E-state index contributed by atoms with van der Waals surface area (Å²) in [5.74, 6) is 0.848. The first-order valence-corrected chi connectivity index (χ1v) is 14.3. The largest absolute Gasteiger partial charge is 0.381 e. The molecule has 5 N–H and O–H groups in total. The summed E-state index contributed by atoms with van der Waals surface area (Å²) in [6.07, 6.45) is 5.79. The van der Waals surface area contributed by atoms with E-state index in [2.05, 4.69) is 10.6 Å². The maximum Gasteiger partial charge on any atom is 0.251 e. The second-order valence-electron chi connectivity index (χ2n) is 9.48. The average molecular weight is 515 g/mol. The molecule has 0 radical (unpaired) electrons. The number of hydrogen-bond acceptors (Lipinski definition) is 8. The van der Waals surface area contributed by atoms with Crippen LogP contribution in [0, 0.1) is 5.92 Å². The zero-order chi connectivity index (χ0) is 24.7. The summed E-state index contributed by atoms with van der Waals surface area (Å²) in [6.45, 7) is 2.16. The second kappa shape index (κ2) is 12.6. The number of aliphatic hydroxyl groups is 1. The Morgan fingerprint density at radius 1 is 1.21 bits per heavy atom. The molecule has 1 aliphatic carbocycles. The quantitative estimate of drug-likeness (QED) is 0.311. The molecule has 0 aromatic carbocycles. The van der Waals surface area contributed by atoms with Crippen molar-refractivity contribution in [1.29, 1.82) is 0 Å². The highest BCUT2D eigenvalue weighted by Crippen LogP contribution is 2.52. The highest BCUT2D eigenvalue weighted by molar-refractivity contribution is 8.21. The summed E-state index contributed by atoms with van der Waals surface area (Å²) >= 11 is 3.59. The van der Waals surface area contributed by atoms with E-state index in [1.54, 1.807) is 28.4 Å². The first kappa shape index (κ1) is 27.3. The van der Waals surface area contributed by atoms with Crippen LogP contribution in [0.1, 0.15) is 58.3 Å². The number of nitrogens with zero attached hydrogens (tertiary/aromatic N) is 1. The van der Waals surface area contributed by atoms with E-state index in [1.165, 1.54) is 6.42 Å². The van der Waals surface area contributed by atoms with Gasteiger partial charge in [-0.1, -0.05) is 32.6 Å². The topological polar surface area (TPSA) is 142 Å². The first-order chi connectivity index (χ1) is 16.3. The summed E-state index contributed by atoms with van der Waals surface area (Å²) in [4.78, 5) is 51.4. The third-order valence-electron chi connectivity index (χ3n) is 7.07. The van der Waals surface area contributed by atoms with Crippen molar-refractivity contribution >= 4 is 47.5 Å². The number of aliphatic hydroxyl groups excluding tert-OH is 1. The summed E-state index contributed by atoms with van der Waals surface area (Å²) in [7, 11) is 0. The molecule has 2 aliphatic heterocycles. The van der Waals surface area contributed by atoms with Gasteiger partial charge in [0.2, 0.25) is 11.8 Å². The molecule has 0 aromatic heterocycles. The van der Waals surface area contributed by atoms with Gasteiger partial charge < -0.3 is 31.2 Å². The maximum atomic E-state index is 13.5. The van der Waals surface area contributed by atoms with E-state index in [9.17, 15) is 24.3 Å². The number of thioether (sulfide) groups is 2. The molecule has 3 aliphatic rings. The molecule has 9 nitrogen and oxygen atoms in total. The number of rotatable bonds is 10. The highest BCUT2D eigenvalue weighted by Gasteiger charge is 2.52. The van der Waals surface area contributed by atoms with Crippen LogP contribution in [-0.2, 0) is 19.2 Å². The number of aldehydes is 1. The lowest BCUT2D eigenvalue weighted by atomic mass is 9.83. The number of likely N-dealkylation sites (tertiary alicyclic amines) is 1. The Morgan fingerprint density at radius 2 is 1.88 bits per heavy atom. The van der Waals surface area contributed by atoms with Crippen molar-refractivity contribution in [2.45, 2.75) is 86.6 Å². The number of nitrogens with two attached hydrogens (primary N) is 1. The Bertz CT molecular complexity index is 743. The van der Waals surface area contributed by atoms with Crippen LogP contribution in [0.25, 0.3) is 0 Å². The van der Waals surface area contributed by atoms with Gasteiger partial charge >= 0.3 is 0 Å². The van der Waals surface area contributed by atoms with Crippen LogP contribution in [0.3, 0.4) is 0 Å².